The van der Waals surface area contributed by atoms with E-state index < -0.39 is 11.2 Å². The maximum Gasteiger partial charge on any atom is 0.343 e. The number of benzene rings is 2. The predicted molar refractivity (Wildman–Crippen MR) is 123 cm³/mol. The molecule has 1 atom stereocenters. The van der Waals surface area contributed by atoms with Crippen molar-refractivity contribution in [3.05, 3.63) is 60.8 Å². The lowest BCUT2D eigenvalue weighted by Gasteiger charge is -2.12. The lowest BCUT2D eigenvalue weighted by molar-refractivity contribution is 0.479. The Hall–Kier alpha value is -3.76. The Kier molecular flexibility index (Phi) is 5.08. The maximum absolute atomic E-state index is 11.8. The normalized spacial score (nSPS) is 12.2. The average Bonchev–Trinajstić information content (AvgIpc) is 3.15. The van der Waals surface area contributed by atoms with E-state index in [9.17, 15) is 4.55 Å². The van der Waals surface area contributed by atoms with Gasteiger partial charge in [-0.1, -0.05) is 0 Å². The van der Waals surface area contributed by atoms with Gasteiger partial charge >= 0.3 is 5.16 Å². The summed E-state index contributed by atoms with van der Waals surface area (Å²) in [5, 5.41) is 3.50. The fourth-order valence-corrected chi connectivity index (χ4v) is 3.77. The molecule has 0 aliphatic carbocycles. The van der Waals surface area contributed by atoms with Crippen LogP contribution in [0.5, 0.6) is 11.5 Å². The molecule has 0 radical (unpaired) electrons. The number of fused-ring (bicyclic) bond motifs is 2. The smallest absolute Gasteiger partial charge is 0.343 e. The van der Waals surface area contributed by atoms with Gasteiger partial charge in [-0.15, -0.1) is 0 Å². The van der Waals surface area contributed by atoms with E-state index in [2.05, 4.69) is 30.2 Å². The molecule has 1 unspecified atom stereocenters. The molecule has 0 bridgehead atoms. The zero-order valence-corrected chi connectivity index (χ0v) is 18.4. The van der Waals surface area contributed by atoms with Gasteiger partial charge in [-0.3, -0.25) is 0 Å². The SMILES string of the molecule is Cc1cc(Nc2ncnc3cnc([S+](C)[O-])nc23)ccc1Oc1ccc2c(c1)ncn2C. The number of nitrogens with zero attached hydrogens (tertiary/aromatic N) is 6. The highest BCUT2D eigenvalue weighted by Gasteiger charge is 2.14. The number of hydrogen-bond acceptors (Lipinski definition) is 8. The van der Waals surface area contributed by atoms with Gasteiger partial charge < -0.3 is 19.2 Å². The summed E-state index contributed by atoms with van der Waals surface area (Å²) in [5.74, 6) is 1.97. The van der Waals surface area contributed by atoms with Crippen LogP contribution in [0.25, 0.3) is 22.1 Å². The van der Waals surface area contributed by atoms with Gasteiger partial charge in [-0.2, -0.15) is 9.97 Å². The number of ether oxygens (including phenoxy) is 1. The highest BCUT2D eigenvalue weighted by molar-refractivity contribution is 7.90. The number of anilines is 2. The van der Waals surface area contributed by atoms with E-state index in [1.54, 1.807) is 12.5 Å². The van der Waals surface area contributed by atoms with E-state index in [1.165, 1.54) is 12.6 Å². The lowest BCUT2D eigenvalue weighted by atomic mass is 10.2. The molecule has 5 aromatic rings. The number of aryl methyl sites for hydroxylation is 2. The van der Waals surface area contributed by atoms with Gasteiger partial charge in [0.2, 0.25) is 0 Å². The Morgan fingerprint density at radius 1 is 1.03 bits per heavy atom. The van der Waals surface area contributed by atoms with Gasteiger partial charge in [0.05, 0.1) is 23.6 Å². The molecule has 0 saturated carbocycles. The van der Waals surface area contributed by atoms with E-state index >= 15 is 0 Å². The van der Waals surface area contributed by atoms with Crippen molar-refractivity contribution in [1.82, 2.24) is 29.5 Å². The maximum atomic E-state index is 11.8. The summed E-state index contributed by atoms with van der Waals surface area (Å²) in [6, 6.07) is 11.6. The van der Waals surface area contributed by atoms with Crippen LogP contribution in [-0.4, -0.2) is 40.3 Å². The minimum Gasteiger partial charge on any atom is -0.609 e. The molecule has 9 nitrogen and oxygen atoms in total. The first-order valence-corrected chi connectivity index (χ1v) is 11.3. The first-order valence-electron chi connectivity index (χ1n) is 9.76. The van der Waals surface area contributed by atoms with Crippen molar-refractivity contribution in [3.63, 3.8) is 0 Å². The van der Waals surface area contributed by atoms with Crippen LogP contribution in [0.1, 0.15) is 5.56 Å². The van der Waals surface area contributed by atoms with Gasteiger partial charge in [0, 0.05) is 30.0 Å². The van der Waals surface area contributed by atoms with E-state index in [0.29, 0.717) is 16.9 Å². The highest BCUT2D eigenvalue weighted by atomic mass is 32.2. The summed E-state index contributed by atoms with van der Waals surface area (Å²) in [7, 11) is 1.96. The molecular formula is C22H19N7O2S. The molecule has 160 valence electrons. The third-order valence-corrected chi connectivity index (χ3v) is 5.69. The minimum absolute atomic E-state index is 0.236. The first-order chi connectivity index (χ1) is 15.5. The van der Waals surface area contributed by atoms with Crippen LogP contribution in [0.4, 0.5) is 11.5 Å². The zero-order chi connectivity index (χ0) is 22.2. The minimum atomic E-state index is -1.30. The molecule has 10 heteroatoms. The molecule has 0 amide bonds. The summed E-state index contributed by atoms with van der Waals surface area (Å²) in [4.78, 5) is 21.3. The van der Waals surface area contributed by atoms with Crippen LogP contribution < -0.4 is 10.1 Å². The molecule has 2 aromatic carbocycles. The van der Waals surface area contributed by atoms with E-state index in [1.807, 2.05) is 54.9 Å². The second-order valence-corrected chi connectivity index (χ2v) is 8.55. The molecule has 3 aromatic heterocycles. The van der Waals surface area contributed by atoms with Crippen molar-refractivity contribution in [2.45, 2.75) is 12.1 Å². The molecule has 32 heavy (non-hydrogen) atoms. The molecule has 0 aliphatic rings. The first kappa shape index (κ1) is 20.2. The van der Waals surface area contributed by atoms with E-state index in [0.717, 1.165) is 33.8 Å². The zero-order valence-electron chi connectivity index (χ0n) is 17.6. The molecule has 0 saturated heterocycles. The summed E-state index contributed by atoms with van der Waals surface area (Å²) in [6.07, 6.45) is 6.30. The van der Waals surface area contributed by atoms with E-state index in [4.69, 9.17) is 4.74 Å². The van der Waals surface area contributed by atoms with Gasteiger partial charge in [-0.25, -0.2) is 15.0 Å². The number of imidazole rings is 1. The van der Waals surface area contributed by atoms with E-state index in [-0.39, 0.29) is 5.16 Å². The second kappa shape index (κ2) is 8.06. The third-order valence-electron chi connectivity index (χ3n) is 4.97. The summed E-state index contributed by atoms with van der Waals surface area (Å²) in [6.45, 7) is 1.97. The largest absolute Gasteiger partial charge is 0.609 e. The Morgan fingerprint density at radius 2 is 1.91 bits per heavy atom. The van der Waals surface area contributed by atoms with Crippen molar-refractivity contribution in [2.24, 2.45) is 7.05 Å². The molecule has 0 fully saturated rings. The Bertz CT molecular complexity index is 1450. The lowest BCUT2D eigenvalue weighted by Crippen LogP contribution is -2.06. The van der Waals surface area contributed by atoms with Gasteiger partial charge in [-0.05, 0) is 42.8 Å². The Labute approximate surface area is 186 Å². The number of hydrogen-bond donors (Lipinski definition) is 1. The van der Waals surface area contributed by atoms with Gasteiger partial charge in [0.15, 0.2) is 5.82 Å². The molecular weight excluding hydrogens is 426 g/mol. The summed E-state index contributed by atoms with van der Waals surface area (Å²) < 4.78 is 19.8. The van der Waals surface area contributed by atoms with Crippen LogP contribution in [-0.2, 0) is 18.2 Å². The molecule has 1 N–H and O–H groups in total. The molecule has 5 rings (SSSR count). The monoisotopic (exact) mass is 445 g/mol. The topological polar surface area (TPSA) is 114 Å². The van der Waals surface area contributed by atoms with Crippen LogP contribution in [0.3, 0.4) is 0 Å². The fraction of sp³-hybridized carbons (Fsp3) is 0.136. The van der Waals surface area contributed by atoms with Crippen LogP contribution in [0.15, 0.2) is 60.4 Å². The summed E-state index contributed by atoms with van der Waals surface area (Å²) >= 11 is -1.30. The predicted octanol–water partition coefficient (Wildman–Crippen LogP) is 3.89. The van der Waals surface area contributed by atoms with Crippen LogP contribution in [0, 0.1) is 6.92 Å². The van der Waals surface area contributed by atoms with Gasteiger partial charge in [0.1, 0.15) is 35.1 Å². The number of aromatic nitrogens is 6. The second-order valence-electron chi connectivity index (χ2n) is 7.28. The van der Waals surface area contributed by atoms with Crippen LogP contribution >= 0.6 is 0 Å². The van der Waals surface area contributed by atoms with Crippen molar-refractivity contribution in [1.29, 1.82) is 0 Å². The fourth-order valence-electron chi connectivity index (χ4n) is 3.35. The van der Waals surface area contributed by atoms with Crippen molar-refractivity contribution in [2.75, 3.05) is 11.6 Å². The van der Waals surface area contributed by atoms with Crippen molar-refractivity contribution < 1.29 is 9.29 Å². The number of rotatable bonds is 5. The third kappa shape index (κ3) is 3.81. The Balaban J connectivity index is 1.41. The quantitative estimate of drug-likeness (QED) is 0.320. The van der Waals surface area contributed by atoms with Gasteiger partial charge in [0.25, 0.3) is 0 Å². The van der Waals surface area contributed by atoms with Crippen molar-refractivity contribution >= 4 is 44.7 Å². The molecule has 3 heterocycles. The Morgan fingerprint density at radius 3 is 2.72 bits per heavy atom. The molecule has 0 aliphatic heterocycles. The summed E-state index contributed by atoms with van der Waals surface area (Å²) in [5.41, 5.74) is 4.76. The highest BCUT2D eigenvalue weighted by Crippen LogP contribution is 2.30. The standard InChI is InChI=1S/C22H19N7O2S/c1-13-8-14(27-21-20-17(24-11-25-21)10-23-22(28-20)32(3)30)4-7-19(13)31-15-5-6-18-16(9-15)26-12-29(18)2/h4-12H,1-3H3,(H,24,25,27). The van der Waals surface area contributed by atoms with Crippen LogP contribution in [0.2, 0.25) is 0 Å². The molecule has 0 spiro atoms. The average molecular weight is 446 g/mol. The van der Waals surface area contributed by atoms with Crippen molar-refractivity contribution in [3.8, 4) is 11.5 Å². The number of nitrogens with one attached hydrogen (secondary N) is 1.